The van der Waals surface area contributed by atoms with Crippen LogP contribution in [0.3, 0.4) is 0 Å². The molecule has 0 aliphatic heterocycles. The molecule has 20 heavy (non-hydrogen) atoms. The molecule has 5 nitrogen and oxygen atoms in total. The maximum Gasteiger partial charge on any atom is 0.260 e. The molecule has 1 amide bonds. The quantitative estimate of drug-likeness (QED) is 0.755. The Labute approximate surface area is 119 Å². The number of nitrogens with zero attached hydrogens (tertiary/aromatic N) is 2. The number of aryl methyl sites for hydroxylation is 1. The van der Waals surface area contributed by atoms with Gasteiger partial charge in [-0.1, -0.05) is 6.07 Å². The highest BCUT2D eigenvalue weighted by atomic mass is 32.1. The number of anilines is 1. The number of amides is 1. The van der Waals surface area contributed by atoms with Crippen LogP contribution in [0.5, 0.6) is 0 Å². The molecular formula is C14H12N4OS. The first-order valence-corrected chi connectivity index (χ1v) is 6.79. The van der Waals surface area contributed by atoms with Crippen molar-refractivity contribution in [2.75, 3.05) is 5.73 Å². The number of thiophene rings is 1. The molecule has 0 saturated heterocycles. The molecule has 0 unspecified atom stereocenters. The van der Waals surface area contributed by atoms with Crippen LogP contribution in [0.15, 0.2) is 30.6 Å². The molecule has 0 bridgehead atoms. The molecular weight excluding hydrogens is 272 g/mol. The summed E-state index contributed by atoms with van der Waals surface area (Å²) >= 11 is 1.22. The molecule has 3 rings (SSSR count). The smallest absolute Gasteiger partial charge is 0.260 e. The van der Waals surface area contributed by atoms with Crippen LogP contribution in [-0.4, -0.2) is 15.9 Å². The van der Waals surface area contributed by atoms with Gasteiger partial charge in [-0.3, -0.25) is 9.78 Å². The van der Waals surface area contributed by atoms with E-state index in [1.807, 2.05) is 25.1 Å². The fourth-order valence-electron chi connectivity index (χ4n) is 2.18. The normalized spacial score (nSPS) is 10.8. The lowest BCUT2D eigenvalue weighted by Gasteiger charge is -2.05. The molecule has 0 aliphatic carbocycles. The fraction of sp³-hybridized carbons (Fsp3) is 0.0714. The molecule has 4 N–H and O–H groups in total. The molecule has 0 aromatic carbocycles. The van der Waals surface area contributed by atoms with Crippen molar-refractivity contribution in [3.05, 3.63) is 41.2 Å². The van der Waals surface area contributed by atoms with Crippen molar-refractivity contribution in [1.82, 2.24) is 9.97 Å². The molecule has 3 aromatic heterocycles. The van der Waals surface area contributed by atoms with Gasteiger partial charge in [0.05, 0.1) is 5.69 Å². The van der Waals surface area contributed by atoms with Crippen LogP contribution >= 0.6 is 11.3 Å². The van der Waals surface area contributed by atoms with Gasteiger partial charge in [-0.25, -0.2) is 4.98 Å². The van der Waals surface area contributed by atoms with Crippen molar-refractivity contribution in [2.24, 2.45) is 5.73 Å². The second-order valence-corrected chi connectivity index (χ2v) is 5.44. The summed E-state index contributed by atoms with van der Waals surface area (Å²) in [4.78, 5) is 21.1. The van der Waals surface area contributed by atoms with Crippen molar-refractivity contribution in [2.45, 2.75) is 6.92 Å². The highest BCUT2D eigenvalue weighted by Gasteiger charge is 2.18. The summed E-state index contributed by atoms with van der Waals surface area (Å²) in [5.74, 6) is -0.528. The molecule has 0 radical (unpaired) electrons. The number of aromatic nitrogens is 2. The minimum atomic E-state index is -0.528. The predicted molar refractivity (Wildman–Crippen MR) is 80.5 cm³/mol. The van der Waals surface area contributed by atoms with E-state index in [1.165, 1.54) is 11.3 Å². The van der Waals surface area contributed by atoms with Gasteiger partial charge in [0.1, 0.15) is 9.71 Å². The lowest BCUT2D eigenvalue weighted by Crippen LogP contribution is -2.10. The second kappa shape index (κ2) is 4.57. The number of primary amides is 1. The lowest BCUT2D eigenvalue weighted by atomic mass is 10.0. The number of carbonyl (C=O) groups excluding carboxylic acids is 1. The third-order valence-corrected chi connectivity index (χ3v) is 4.14. The first-order chi connectivity index (χ1) is 9.58. The first-order valence-electron chi connectivity index (χ1n) is 5.97. The van der Waals surface area contributed by atoms with Crippen molar-refractivity contribution in [1.29, 1.82) is 0 Å². The van der Waals surface area contributed by atoms with E-state index in [1.54, 1.807) is 12.4 Å². The summed E-state index contributed by atoms with van der Waals surface area (Å²) in [5.41, 5.74) is 14.5. The molecule has 3 aromatic rings. The molecule has 0 saturated carbocycles. The van der Waals surface area contributed by atoms with Gasteiger partial charge in [-0.15, -0.1) is 11.3 Å². The van der Waals surface area contributed by atoms with Crippen molar-refractivity contribution >= 4 is 33.1 Å². The number of hydrogen-bond donors (Lipinski definition) is 2. The summed E-state index contributed by atoms with van der Waals surface area (Å²) in [6, 6.07) is 5.74. The van der Waals surface area contributed by atoms with E-state index >= 15 is 0 Å². The molecule has 0 aliphatic rings. The molecule has 0 fully saturated rings. The van der Waals surface area contributed by atoms with Gasteiger partial charge < -0.3 is 11.5 Å². The van der Waals surface area contributed by atoms with Gasteiger partial charge >= 0.3 is 0 Å². The van der Waals surface area contributed by atoms with Gasteiger partial charge in [-0.05, 0) is 24.6 Å². The Morgan fingerprint density at radius 3 is 2.85 bits per heavy atom. The summed E-state index contributed by atoms with van der Waals surface area (Å²) in [7, 11) is 0. The molecule has 0 spiro atoms. The van der Waals surface area contributed by atoms with E-state index in [0.29, 0.717) is 10.6 Å². The zero-order valence-corrected chi connectivity index (χ0v) is 11.6. The average molecular weight is 284 g/mol. The monoisotopic (exact) mass is 284 g/mol. The van der Waals surface area contributed by atoms with Gasteiger partial charge in [0, 0.05) is 29.0 Å². The van der Waals surface area contributed by atoms with E-state index in [2.05, 4.69) is 9.97 Å². The fourth-order valence-corrected chi connectivity index (χ4v) is 3.19. The van der Waals surface area contributed by atoms with Crippen LogP contribution in [0.1, 0.15) is 15.4 Å². The highest BCUT2D eigenvalue weighted by molar-refractivity contribution is 7.21. The lowest BCUT2D eigenvalue weighted by molar-refractivity contribution is 0.100. The SMILES string of the molecule is Cc1cc(-c2cccnc2)c2c(N)c(C(N)=O)sc2n1. The van der Waals surface area contributed by atoms with Crippen LogP contribution in [0.4, 0.5) is 5.69 Å². The third kappa shape index (κ3) is 1.90. The number of nitrogens with two attached hydrogens (primary N) is 2. The van der Waals surface area contributed by atoms with Gasteiger partial charge in [0.2, 0.25) is 0 Å². The summed E-state index contributed by atoms with van der Waals surface area (Å²) in [5, 5.41) is 0.766. The Morgan fingerprint density at radius 1 is 1.40 bits per heavy atom. The summed E-state index contributed by atoms with van der Waals surface area (Å²) in [6.07, 6.45) is 3.47. The van der Waals surface area contributed by atoms with Crippen molar-refractivity contribution in [3.63, 3.8) is 0 Å². The Morgan fingerprint density at radius 2 is 2.20 bits per heavy atom. The largest absolute Gasteiger partial charge is 0.397 e. The Kier molecular flexibility index (Phi) is 2.87. The van der Waals surface area contributed by atoms with Crippen LogP contribution in [0.2, 0.25) is 0 Å². The topological polar surface area (TPSA) is 94.9 Å². The first kappa shape index (κ1) is 12.6. The maximum absolute atomic E-state index is 11.4. The van der Waals surface area contributed by atoms with Crippen molar-refractivity contribution < 1.29 is 4.79 Å². The number of fused-ring (bicyclic) bond motifs is 1. The third-order valence-electron chi connectivity index (χ3n) is 3.02. The Hall–Kier alpha value is -2.47. The number of pyridine rings is 2. The number of carbonyl (C=O) groups is 1. The number of nitrogen functional groups attached to an aromatic ring is 1. The zero-order chi connectivity index (χ0) is 14.3. The van der Waals surface area contributed by atoms with E-state index in [4.69, 9.17) is 11.5 Å². The van der Waals surface area contributed by atoms with Crippen molar-refractivity contribution in [3.8, 4) is 11.1 Å². The van der Waals surface area contributed by atoms with Crippen LogP contribution in [0, 0.1) is 6.92 Å². The average Bonchev–Trinajstić information content (AvgIpc) is 2.76. The minimum Gasteiger partial charge on any atom is -0.397 e. The maximum atomic E-state index is 11.4. The van der Waals surface area contributed by atoms with E-state index in [-0.39, 0.29) is 0 Å². The minimum absolute atomic E-state index is 0.350. The Bertz CT molecular complexity index is 811. The van der Waals surface area contributed by atoms with E-state index in [0.717, 1.165) is 27.0 Å². The predicted octanol–water partition coefficient (Wildman–Crippen LogP) is 2.35. The molecule has 100 valence electrons. The van der Waals surface area contributed by atoms with Crippen LogP contribution in [0.25, 0.3) is 21.3 Å². The molecule has 3 heterocycles. The molecule has 6 heteroatoms. The van der Waals surface area contributed by atoms with Gasteiger partial charge in [0.15, 0.2) is 0 Å². The highest BCUT2D eigenvalue weighted by Crippen LogP contribution is 2.39. The van der Waals surface area contributed by atoms with E-state index in [9.17, 15) is 4.79 Å². The summed E-state index contributed by atoms with van der Waals surface area (Å²) < 4.78 is 0. The second-order valence-electron chi connectivity index (χ2n) is 4.44. The van der Waals surface area contributed by atoms with Crippen LogP contribution < -0.4 is 11.5 Å². The number of hydrogen-bond acceptors (Lipinski definition) is 5. The molecule has 0 atom stereocenters. The van der Waals surface area contributed by atoms with E-state index < -0.39 is 5.91 Å². The number of rotatable bonds is 2. The van der Waals surface area contributed by atoms with Gasteiger partial charge in [-0.2, -0.15) is 0 Å². The summed E-state index contributed by atoms with van der Waals surface area (Å²) in [6.45, 7) is 1.90. The Balaban J connectivity index is 2.40. The standard InChI is InChI=1S/C14H12N4OS/c1-7-5-9(8-3-2-4-17-6-8)10-11(15)12(13(16)19)20-14(10)18-7/h2-6H,15H2,1H3,(H2,16,19). The van der Waals surface area contributed by atoms with Crippen LogP contribution in [-0.2, 0) is 0 Å². The van der Waals surface area contributed by atoms with Gasteiger partial charge in [0.25, 0.3) is 5.91 Å². The zero-order valence-electron chi connectivity index (χ0n) is 10.8.